The van der Waals surface area contributed by atoms with E-state index in [-0.39, 0.29) is 0 Å². The van der Waals surface area contributed by atoms with E-state index < -0.39 is 0 Å². The molecule has 1 aliphatic rings. The predicted molar refractivity (Wildman–Crippen MR) is 64.4 cm³/mol. The molecule has 0 amide bonds. The summed E-state index contributed by atoms with van der Waals surface area (Å²) in [7, 11) is 0. The van der Waals surface area contributed by atoms with Crippen molar-refractivity contribution in [2.75, 3.05) is 18.0 Å². The van der Waals surface area contributed by atoms with E-state index in [1.54, 1.807) is 11.3 Å². The Bertz CT molecular complexity index is 479. The van der Waals surface area contributed by atoms with Crippen LogP contribution >= 0.6 is 11.3 Å². The Balaban J connectivity index is 2.06. The predicted octanol–water partition coefficient (Wildman–Crippen LogP) is 1.83. The van der Waals surface area contributed by atoms with Crippen molar-refractivity contribution in [3.05, 3.63) is 23.7 Å². The molecule has 2 aromatic rings. The first-order valence-corrected chi connectivity index (χ1v) is 6.05. The van der Waals surface area contributed by atoms with Gasteiger partial charge in [-0.2, -0.15) is 0 Å². The molecule has 3 heterocycles. The zero-order valence-corrected chi connectivity index (χ0v) is 9.20. The third kappa shape index (κ3) is 1.50. The fourth-order valence-corrected chi connectivity index (χ4v) is 2.90. The maximum absolute atomic E-state index is 5.93. The molecule has 1 atom stereocenters. The normalized spacial score (nSPS) is 21.4. The van der Waals surface area contributed by atoms with Gasteiger partial charge in [-0.1, -0.05) is 0 Å². The number of nitrogens with zero attached hydrogens (tertiary/aromatic N) is 2. The zero-order valence-electron chi connectivity index (χ0n) is 8.39. The molecule has 4 heteroatoms. The highest BCUT2D eigenvalue weighted by Gasteiger charge is 2.20. The van der Waals surface area contributed by atoms with Crippen LogP contribution in [0.4, 0.5) is 5.69 Å². The molecule has 1 aliphatic heterocycles. The zero-order chi connectivity index (χ0) is 10.3. The van der Waals surface area contributed by atoms with Crippen LogP contribution < -0.4 is 10.6 Å². The summed E-state index contributed by atoms with van der Waals surface area (Å²) in [4.78, 5) is 7.83. The number of aromatic nitrogens is 1. The number of pyridine rings is 1. The summed E-state index contributed by atoms with van der Waals surface area (Å²) in [5, 5.41) is 3.36. The first-order chi connectivity index (χ1) is 7.34. The highest BCUT2D eigenvalue weighted by Crippen LogP contribution is 2.30. The minimum absolute atomic E-state index is 0.326. The molecule has 2 N–H and O–H groups in total. The van der Waals surface area contributed by atoms with Crippen LogP contribution in [0.5, 0.6) is 0 Å². The lowest BCUT2D eigenvalue weighted by molar-refractivity contribution is 0.752. The Morgan fingerprint density at radius 1 is 1.47 bits per heavy atom. The van der Waals surface area contributed by atoms with Gasteiger partial charge in [0, 0.05) is 36.4 Å². The van der Waals surface area contributed by atoms with E-state index in [0.29, 0.717) is 6.04 Å². The topological polar surface area (TPSA) is 42.1 Å². The minimum Gasteiger partial charge on any atom is -0.369 e. The van der Waals surface area contributed by atoms with Gasteiger partial charge in [-0.15, -0.1) is 11.3 Å². The van der Waals surface area contributed by atoms with E-state index in [1.807, 2.05) is 6.20 Å². The van der Waals surface area contributed by atoms with Crippen LogP contribution in [0.15, 0.2) is 23.7 Å². The van der Waals surface area contributed by atoms with Crippen LogP contribution in [0.25, 0.3) is 10.2 Å². The SMILES string of the molecule is NC1CCN(c2ccnc3sccc23)C1. The summed E-state index contributed by atoms with van der Waals surface area (Å²) in [6.07, 6.45) is 2.98. The maximum Gasteiger partial charge on any atom is 0.125 e. The van der Waals surface area contributed by atoms with Gasteiger partial charge >= 0.3 is 0 Å². The van der Waals surface area contributed by atoms with Gasteiger partial charge in [-0.25, -0.2) is 4.98 Å². The van der Waals surface area contributed by atoms with Crippen molar-refractivity contribution in [3.8, 4) is 0 Å². The second kappa shape index (κ2) is 3.47. The lowest BCUT2D eigenvalue weighted by atomic mass is 10.2. The Morgan fingerprint density at radius 3 is 3.20 bits per heavy atom. The summed E-state index contributed by atoms with van der Waals surface area (Å²) in [5.41, 5.74) is 7.21. The molecule has 3 nitrogen and oxygen atoms in total. The van der Waals surface area contributed by atoms with Crippen LogP contribution in [-0.4, -0.2) is 24.1 Å². The Kier molecular flexibility index (Phi) is 2.11. The molecule has 0 aliphatic carbocycles. The molecule has 0 radical (unpaired) electrons. The fourth-order valence-electron chi connectivity index (χ4n) is 2.14. The van der Waals surface area contributed by atoms with Gasteiger partial charge in [0.25, 0.3) is 0 Å². The molecule has 15 heavy (non-hydrogen) atoms. The van der Waals surface area contributed by atoms with Crippen molar-refractivity contribution in [3.63, 3.8) is 0 Å². The number of fused-ring (bicyclic) bond motifs is 1. The van der Waals surface area contributed by atoms with Gasteiger partial charge in [-0.3, -0.25) is 0 Å². The van der Waals surface area contributed by atoms with E-state index in [4.69, 9.17) is 5.73 Å². The lowest BCUT2D eigenvalue weighted by Crippen LogP contribution is -2.26. The monoisotopic (exact) mass is 219 g/mol. The standard InChI is InChI=1S/C11H13N3S/c12-8-2-5-14(7-8)10-1-4-13-11-9(10)3-6-15-11/h1,3-4,6,8H,2,5,7,12H2. The molecule has 78 valence electrons. The van der Waals surface area contributed by atoms with Crippen molar-refractivity contribution in [2.24, 2.45) is 5.73 Å². The molecule has 0 spiro atoms. The number of nitrogens with two attached hydrogens (primary N) is 1. The third-order valence-electron chi connectivity index (χ3n) is 2.91. The van der Waals surface area contributed by atoms with E-state index in [9.17, 15) is 0 Å². The number of anilines is 1. The fraction of sp³-hybridized carbons (Fsp3) is 0.364. The number of rotatable bonds is 1. The molecule has 2 aromatic heterocycles. The van der Waals surface area contributed by atoms with E-state index in [1.165, 1.54) is 11.1 Å². The first kappa shape index (κ1) is 9.12. The van der Waals surface area contributed by atoms with Gasteiger partial charge in [0.15, 0.2) is 0 Å². The molecule has 0 aromatic carbocycles. The Morgan fingerprint density at radius 2 is 2.40 bits per heavy atom. The van der Waals surface area contributed by atoms with Gasteiger partial charge < -0.3 is 10.6 Å². The molecule has 1 unspecified atom stereocenters. The van der Waals surface area contributed by atoms with Crippen molar-refractivity contribution < 1.29 is 0 Å². The van der Waals surface area contributed by atoms with Crippen LogP contribution in [0.3, 0.4) is 0 Å². The maximum atomic E-state index is 5.93. The lowest BCUT2D eigenvalue weighted by Gasteiger charge is -2.18. The van der Waals surface area contributed by atoms with E-state index in [2.05, 4.69) is 27.4 Å². The van der Waals surface area contributed by atoms with Crippen molar-refractivity contribution in [2.45, 2.75) is 12.5 Å². The van der Waals surface area contributed by atoms with Gasteiger partial charge in [0.05, 0.1) is 0 Å². The number of hydrogen-bond donors (Lipinski definition) is 1. The first-order valence-electron chi connectivity index (χ1n) is 5.17. The van der Waals surface area contributed by atoms with Gasteiger partial charge in [0.1, 0.15) is 4.83 Å². The average Bonchev–Trinajstić information content (AvgIpc) is 2.84. The molecular formula is C11H13N3S. The van der Waals surface area contributed by atoms with Crippen molar-refractivity contribution in [1.82, 2.24) is 4.98 Å². The smallest absolute Gasteiger partial charge is 0.125 e. The average molecular weight is 219 g/mol. The summed E-state index contributed by atoms with van der Waals surface area (Å²) >= 11 is 1.69. The van der Waals surface area contributed by atoms with Gasteiger partial charge in [0.2, 0.25) is 0 Å². The molecule has 0 bridgehead atoms. The molecule has 3 rings (SSSR count). The number of thiophene rings is 1. The van der Waals surface area contributed by atoms with Crippen LogP contribution in [0.2, 0.25) is 0 Å². The summed E-state index contributed by atoms with van der Waals surface area (Å²) in [5.74, 6) is 0. The molecule has 1 fully saturated rings. The van der Waals surface area contributed by atoms with Crippen LogP contribution in [0, 0.1) is 0 Å². The van der Waals surface area contributed by atoms with Gasteiger partial charge in [-0.05, 0) is 23.9 Å². The summed E-state index contributed by atoms with van der Waals surface area (Å²) < 4.78 is 0. The minimum atomic E-state index is 0.326. The van der Waals surface area contributed by atoms with Crippen LogP contribution in [0.1, 0.15) is 6.42 Å². The molecule has 0 saturated carbocycles. The summed E-state index contributed by atoms with van der Waals surface area (Å²) in [6.45, 7) is 2.03. The van der Waals surface area contributed by atoms with Crippen molar-refractivity contribution in [1.29, 1.82) is 0 Å². The quantitative estimate of drug-likeness (QED) is 0.795. The van der Waals surface area contributed by atoms with E-state index >= 15 is 0 Å². The molecular weight excluding hydrogens is 206 g/mol. The van der Waals surface area contributed by atoms with E-state index in [0.717, 1.165) is 24.3 Å². The van der Waals surface area contributed by atoms with Crippen LogP contribution in [-0.2, 0) is 0 Å². The highest BCUT2D eigenvalue weighted by atomic mass is 32.1. The number of hydrogen-bond acceptors (Lipinski definition) is 4. The Labute approximate surface area is 92.5 Å². The second-order valence-electron chi connectivity index (χ2n) is 3.96. The summed E-state index contributed by atoms with van der Waals surface area (Å²) in [6, 6.07) is 4.56. The molecule has 1 saturated heterocycles. The second-order valence-corrected chi connectivity index (χ2v) is 4.86. The third-order valence-corrected chi connectivity index (χ3v) is 3.73. The van der Waals surface area contributed by atoms with Crippen molar-refractivity contribution >= 4 is 27.2 Å². The largest absolute Gasteiger partial charge is 0.369 e. The Hall–Kier alpha value is -1.13. The highest BCUT2D eigenvalue weighted by molar-refractivity contribution is 7.16.